The van der Waals surface area contributed by atoms with Gasteiger partial charge in [-0.25, -0.2) is 0 Å². The maximum atomic E-state index is 8.83. The highest BCUT2D eigenvalue weighted by Gasteiger charge is 2.05. The fourth-order valence-electron chi connectivity index (χ4n) is 0.995. The molecular formula is C11H16N2O2. The Morgan fingerprint density at radius 2 is 2.33 bits per heavy atom. The summed E-state index contributed by atoms with van der Waals surface area (Å²) in [7, 11) is 1.60. The third-order valence-corrected chi connectivity index (χ3v) is 1.63. The molecule has 0 bridgehead atoms. The summed E-state index contributed by atoms with van der Waals surface area (Å²) in [5.41, 5.74) is 0.436. The van der Waals surface area contributed by atoms with Crippen molar-refractivity contribution in [2.24, 2.45) is 4.99 Å². The first kappa shape index (κ1) is 13.4. The molecule has 0 N–H and O–H groups in total. The molecule has 0 saturated heterocycles. The van der Waals surface area contributed by atoms with Crippen molar-refractivity contribution >= 4 is 6.72 Å². The molecule has 0 aromatic carbocycles. The van der Waals surface area contributed by atoms with E-state index in [9.17, 15) is 0 Å². The van der Waals surface area contributed by atoms with Gasteiger partial charge in [0.15, 0.2) is 0 Å². The van der Waals surface area contributed by atoms with Gasteiger partial charge in [0.2, 0.25) is 0 Å². The standard InChI is InChI=1S/C11H16N2O2/c1-9(8-14-4)15-10(2)11(7-12)5-6-13-3/h5-6,9H,3,8H2,1-2,4H3/b6-5-,11-10-. The fourth-order valence-corrected chi connectivity index (χ4v) is 0.995. The molecule has 82 valence electrons. The molecule has 0 saturated carbocycles. The number of nitrogens with zero attached hydrogens (tertiary/aromatic N) is 2. The van der Waals surface area contributed by atoms with Crippen molar-refractivity contribution in [3.05, 3.63) is 23.6 Å². The lowest BCUT2D eigenvalue weighted by Crippen LogP contribution is -2.14. The van der Waals surface area contributed by atoms with Gasteiger partial charge in [0.05, 0.1) is 12.2 Å². The normalized spacial score (nSPS) is 14.3. The van der Waals surface area contributed by atoms with Gasteiger partial charge >= 0.3 is 0 Å². The second-order valence-corrected chi connectivity index (χ2v) is 2.96. The zero-order valence-corrected chi connectivity index (χ0v) is 9.36. The highest BCUT2D eigenvalue weighted by molar-refractivity contribution is 5.36. The van der Waals surface area contributed by atoms with E-state index < -0.39 is 0 Å². The lowest BCUT2D eigenvalue weighted by Gasteiger charge is -2.14. The first-order valence-electron chi connectivity index (χ1n) is 4.54. The van der Waals surface area contributed by atoms with Crippen molar-refractivity contribution in [2.45, 2.75) is 20.0 Å². The number of ether oxygens (including phenoxy) is 2. The van der Waals surface area contributed by atoms with Crippen LogP contribution >= 0.6 is 0 Å². The minimum absolute atomic E-state index is 0.0801. The summed E-state index contributed by atoms with van der Waals surface area (Å²) in [4.78, 5) is 3.53. The van der Waals surface area contributed by atoms with Gasteiger partial charge in [0.25, 0.3) is 0 Å². The Kier molecular flexibility index (Phi) is 6.94. The van der Waals surface area contributed by atoms with Crippen molar-refractivity contribution < 1.29 is 9.47 Å². The van der Waals surface area contributed by atoms with Crippen LogP contribution in [0.2, 0.25) is 0 Å². The maximum absolute atomic E-state index is 8.83. The van der Waals surface area contributed by atoms with E-state index in [0.29, 0.717) is 17.9 Å². The molecule has 0 aliphatic rings. The van der Waals surface area contributed by atoms with Gasteiger partial charge in [-0.2, -0.15) is 5.26 Å². The Balaban J connectivity index is 4.52. The average molecular weight is 208 g/mol. The third-order valence-electron chi connectivity index (χ3n) is 1.63. The molecule has 0 aromatic heterocycles. The summed E-state index contributed by atoms with van der Waals surface area (Å²) >= 11 is 0. The van der Waals surface area contributed by atoms with Gasteiger partial charge in [0, 0.05) is 13.3 Å². The lowest BCUT2D eigenvalue weighted by atomic mass is 10.2. The summed E-state index contributed by atoms with van der Waals surface area (Å²) in [5.74, 6) is 0.557. The summed E-state index contributed by atoms with van der Waals surface area (Å²) in [6, 6.07) is 2.02. The van der Waals surface area contributed by atoms with Gasteiger partial charge in [-0.15, -0.1) is 0 Å². The highest BCUT2D eigenvalue weighted by Crippen LogP contribution is 2.09. The van der Waals surface area contributed by atoms with E-state index in [1.54, 1.807) is 20.1 Å². The molecule has 4 nitrogen and oxygen atoms in total. The van der Waals surface area contributed by atoms with E-state index >= 15 is 0 Å². The van der Waals surface area contributed by atoms with Crippen LogP contribution in [0.25, 0.3) is 0 Å². The van der Waals surface area contributed by atoms with Crippen molar-refractivity contribution in [2.75, 3.05) is 13.7 Å². The largest absolute Gasteiger partial charge is 0.492 e. The second-order valence-electron chi connectivity index (χ2n) is 2.96. The smallest absolute Gasteiger partial charge is 0.119 e. The highest BCUT2D eigenvalue weighted by atomic mass is 16.5. The molecule has 0 fully saturated rings. The molecule has 0 amide bonds. The number of nitriles is 1. The van der Waals surface area contributed by atoms with Crippen LogP contribution in [-0.4, -0.2) is 26.5 Å². The number of aliphatic imine (C=N–C) groups is 1. The van der Waals surface area contributed by atoms with E-state index in [2.05, 4.69) is 11.7 Å². The topological polar surface area (TPSA) is 54.6 Å². The quantitative estimate of drug-likeness (QED) is 0.290. The van der Waals surface area contributed by atoms with Crippen LogP contribution in [0.5, 0.6) is 0 Å². The predicted octanol–water partition coefficient (Wildman–Crippen LogP) is 2.05. The molecule has 0 aromatic rings. The first-order valence-corrected chi connectivity index (χ1v) is 4.54. The summed E-state index contributed by atoms with van der Waals surface area (Å²) in [6.45, 7) is 7.38. The van der Waals surface area contributed by atoms with Gasteiger partial charge in [-0.3, -0.25) is 4.99 Å². The second kappa shape index (κ2) is 7.77. The molecule has 0 rings (SSSR count). The summed E-state index contributed by atoms with van der Waals surface area (Å²) in [6.07, 6.45) is 2.93. The van der Waals surface area contributed by atoms with Crippen LogP contribution < -0.4 is 0 Å². The van der Waals surface area contributed by atoms with Crippen LogP contribution in [0.15, 0.2) is 28.6 Å². The molecule has 4 heteroatoms. The Hall–Kier alpha value is -1.60. The van der Waals surface area contributed by atoms with Crippen molar-refractivity contribution in [1.29, 1.82) is 5.26 Å². The van der Waals surface area contributed by atoms with Crippen molar-refractivity contribution in [3.63, 3.8) is 0 Å². The molecule has 0 aliphatic carbocycles. The lowest BCUT2D eigenvalue weighted by molar-refractivity contribution is 0.0485. The van der Waals surface area contributed by atoms with E-state index in [-0.39, 0.29) is 6.10 Å². The number of hydrogen-bond acceptors (Lipinski definition) is 4. The Bertz CT molecular complexity index is 300. The molecule has 1 unspecified atom stereocenters. The SMILES string of the molecule is C=N/C=C\C(C#N)=C(/C)OC(C)COC. The van der Waals surface area contributed by atoms with E-state index in [4.69, 9.17) is 14.7 Å². The van der Waals surface area contributed by atoms with Gasteiger partial charge in [-0.1, -0.05) is 0 Å². The first-order chi connectivity index (χ1) is 7.15. The third kappa shape index (κ3) is 5.66. The molecule has 0 spiro atoms. The van der Waals surface area contributed by atoms with Gasteiger partial charge in [0.1, 0.15) is 17.9 Å². The predicted molar refractivity (Wildman–Crippen MR) is 59.4 cm³/mol. The van der Waals surface area contributed by atoms with Crippen molar-refractivity contribution in [3.8, 4) is 6.07 Å². The number of rotatable bonds is 6. The van der Waals surface area contributed by atoms with E-state index in [1.165, 1.54) is 6.20 Å². The minimum atomic E-state index is -0.0801. The van der Waals surface area contributed by atoms with Gasteiger partial charge in [-0.05, 0) is 26.6 Å². The summed E-state index contributed by atoms with van der Waals surface area (Å²) in [5, 5.41) is 8.83. The number of methoxy groups -OCH3 is 1. The van der Waals surface area contributed by atoms with Crippen molar-refractivity contribution in [1.82, 2.24) is 0 Å². The molecule has 0 aliphatic heterocycles. The average Bonchev–Trinajstić information content (AvgIpc) is 2.19. The summed E-state index contributed by atoms with van der Waals surface area (Å²) < 4.78 is 10.4. The molecule has 15 heavy (non-hydrogen) atoms. The van der Waals surface area contributed by atoms with Crippen LogP contribution in [0, 0.1) is 11.3 Å². The molecule has 0 heterocycles. The number of hydrogen-bond donors (Lipinski definition) is 0. The Morgan fingerprint density at radius 1 is 1.67 bits per heavy atom. The molecule has 1 atom stereocenters. The Morgan fingerprint density at radius 3 is 2.80 bits per heavy atom. The Labute approximate surface area is 90.5 Å². The van der Waals surface area contributed by atoms with Crippen LogP contribution in [-0.2, 0) is 9.47 Å². The monoisotopic (exact) mass is 208 g/mol. The maximum Gasteiger partial charge on any atom is 0.119 e. The minimum Gasteiger partial charge on any atom is -0.492 e. The molecule has 0 radical (unpaired) electrons. The van der Waals surface area contributed by atoms with Crippen LogP contribution in [0.1, 0.15) is 13.8 Å². The fraction of sp³-hybridized carbons (Fsp3) is 0.455. The van der Waals surface area contributed by atoms with E-state index in [1.807, 2.05) is 13.0 Å². The zero-order chi connectivity index (χ0) is 11.7. The van der Waals surface area contributed by atoms with E-state index in [0.717, 1.165) is 0 Å². The zero-order valence-electron chi connectivity index (χ0n) is 9.36. The number of allylic oxidation sites excluding steroid dienone is 3. The van der Waals surface area contributed by atoms with Gasteiger partial charge < -0.3 is 9.47 Å². The van der Waals surface area contributed by atoms with Crippen LogP contribution in [0.3, 0.4) is 0 Å². The van der Waals surface area contributed by atoms with Crippen LogP contribution in [0.4, 0.5) is 0 Å². The molecular weight excluding hydrogens is 192 g/mol.